The fourth-order valence-corrected chi connectivity index (χ4v) is 1.41. The molecule has 5 heteroatoms. The van der Waals surface area contributed by atoms with Crippen molar-refractivity contribution in [3.8, 4) is 0 Å². The Kier molecular flexibility index (Phi) is 4.06. The fourth-order valence-electron chi connectivity index (χ4n) is 0.974. The zero-order chi connectivity index (χ0) is 10.6. The van der Waals surface area contributed by atoms with Crippen molar-refractivity contribution >= 4 is 28.4 Å². The van der Waals surface area contributed by atoms with Crippen LogP contribution in [0, 0.1) is 3.57 Å². The summed E-state index contributed by atoms with van der Waals surface area (Å²) in [5.41, 5.74) is 5.62. The number of nitrogens with zero attached hydrogens (tertiary/aromatic N) is 2. The summed E-state index contributed by atoms with van der Waals surface area (Å²) in [7, 11) is 0. The Morgan fingerprint density at radius 1 is 1.64 bits per heavy atom. The third-order valence-corrected chi connectivity index (χ3v) is 3.11. The van der Waals surface area contributed by atoms with Gasteiger partial charge in [0.1, 0.15) is 12.1 Å². The molecule has 1 rings (SSSR count). The fraction of sp³-hybridized carbons (Fsp3) is 0.556. The van der Waals surface area contributed by atoms with Gasteiger partial charge >= 0.3 is 0 Å². The van der Waals surface area contributed by atoms with Gasteiger partial charge in [-0.05, 0) is 35.9 Å². The maximum Gasteiger partial charge on any atom is 0.143 e. The average Bonchev–Trinajstić information content (AvgIpc) is 2.21. The van der Waals surface area contributed by atoms with Crippen molar-refractivity contribution in [3.63, 3.8) is 0 Å². The summed E-state index contributed by atoms with van der Waals surface area (Å²) in [5.74, 6) is 0.857. The standard InChI is InChI=1S/C9H15IN4/c1-3-9(2,5-11)14-8-7(10)4-12-6-13-8/h4,6H,3,5,11H2,1-2H3,(H,12,13,14). The van der Waals surface area contributed by atoms with Crippen molar-refractivity contribution in [2.24, 2.45) is 5.73 Å². The first kappa shape index (κ1) is 11.6. The molecule has 0 fully saturated rings. The molecule has 0 aromatic carbocycles. The highest BCUT2D eigenvalue weighted by Crippen LogP contribution is 2.19. The molecule has 0 aliphatic heterocycles. The number of halogens is 1. The topological polar surface area (TPSA) is 63.8 Å². The monoisotopic (exact) mass is 306 g/mol. The molecule has 0 saturated carbocycles. The highest BCUT2D eigenvalue weighted by molar-refractivity contribution is 14.1. The second-order valence-corrected chi connectivity index (χ2v) is 4.62. The normalized spacial score (nSPS) is 14.9. The van der Waals surface area contributed by atoms with Crippen molar-refractivity contribution in [1.82, 2.24) is 9.97 Å². The first-order chi connectivity index (χ1) is 6.61. The van der Waals surface area contributed by atoms with Crippen LogP contribution in [0.2, 0.25) is 0 Å². The van der Waals surface area contributed by atoms with E-state index in [0.29, 0.717) is 6.54 Å². The zero-order valence-corrected chi connectivity index (χ0v) is 10.6. The predicted molar refractivity (Wildman–Crippen MR) is 66.1 cm³/mol. The van der Waals surface area contributed by atoms with Gasteiger partial charge in [-0.25, -0.2) is 9.97 Å². The smallest absolute Gasteiger partial charge is 0.143 e. The maximum atomic E-state index is 5.71. The van der Waals surface area contributed by atoms with Gasteiger partial charge in [-0.15, -0.1) is 0 Å². The summed E-state index contributed by atoms with van der Waals surface area (Å²) in [6, 6.07) is 0. The van der Waals surface area contributed by atoms with Gasteiger partial charge in [0.15, 0.2) is 0 Å². The molecular weight excluding hydrogens is 291 g/mol. The van der Waals surface area contributed by atoms with E-state index in [1.54, 1.807) is 6.20 Å². The third kappa shape index (κ3) is 2.78. The number of anilines is 1. The largest absolute Gasteiger partial charge is 0.363 e. The molecule has 0 bridgehead atoms. The van der Waals surface area contributed by atoms with Crippen LogP contribution in [-0.2, 0) is 0 Å². The van der Waals surface area contributed by atoms with Crippen LogP contribution >= 0.6 is 22.6 Å². The molecule has 3 N–H and O–H groups in total. The molecule has 0 aliphatic rings. The molecule has 1 aromatic heterocycles. The van der Waals surface area contributed by atoms with E-state index in [1.807, 2.05) is 0 Å². The van der Waals surface area contributed by atoms with Crippen molar-refractivity contribution in [1.29, 1.82) is 0 Å². The Hall–Kier alpha value is -0.430. The highest BCUT2D eigenvalue weighted by Gasteiger charge is 2.20. The molecule has 0 aliphatic carbocycles. The Labute approximate surface area is 97.8 Å². The van der Waals surface area contributed by atoms with E-state index in [-0.39, 0.29) is 5.54 Å². The Morgan fingerprint density at radius 3 is 2.86 bits per heavy atom. The minimum Gasteiger partial charge on any atom is -0.363 e. The Morgan fingerprint density at radius 2 is 2.36 bits per heavy atom. The van der Waals surface area contributed by atoms with Gasteiger partial charge in [0.25, 0.3) is 0 Å². The van der Waals surface area contributed by atoms with Crippen LogP contribution in [0.3, 0.4) is 0 Å². The number of hydrogen-bond acceptors (Lipinski definition) is 4. The second-order valence-electron chi connectivity index (χ2n) is 3.46. The van der Waals surface area contributed by atoms with Crippen LogP contribution < -0.4 is 11.1 Å². The lowest BCUT2D eigenvalue weighted by Crippen LogP contribution is -2.42. The predicted octanol–water partition coefficient (Wildman–Crippen LogP) is 1.62. The van der Waals surface area contributed by atoms with Crippen LogP contribution in [0.4, 0.5) is 5.82 Å². The van der Waals surface area contributed by atoms with Gasteiger partial charge < -0.3 is 11.1 Å². The van der Waals surface area contributed by atoms with Crippen LogP contribution in [0.15, 0.2) is 12.5 Å². The van der Waals surface area contributed by atoms with Gasteiger partial charge in [-0.3, -0.25) is 0 Å². The van der Waals surface area contributed by atoms with E-state index in [4.69, 9.17) is 5.73 Å². The second kappa shape index (κ2) is 4.88. The lowest BCUT2D eigenvalue weighted by atomic mass is 9.99. The van der Waals surface area contributed by atoms with Gasteiger partial charge in [-0.1, -0.05) is 6.92 Å². The van der Waals surface area contributed by atoms with Crippen molar-refractivity contribution < 1.29 is 0 Å². The summed E-state index contributed by atoms with van der Waals surface area (Å²) in [5, 5.41) is 3.34. The highest BCUT2D eigenvalue weighted by atomic mass is 127. The van der Waals surface area contributed by atoms with E-state index in [9.17, 15) is 0 Å². The van der Waals surface area contributed by atoms with E-state index in [0.717, 1.165) is 15.8 Å². The number of aromatic nitrogens is 2. The molecule has 0 saturated heterocycles. The minimum atomic E-state index is -0.0890. The number of rotatable bonds is 4. The van der Waals surface area contributed by atoms with Gasteiger partial charge in [0.2, 0.25) is 0 Å². The summed E-state index contributed by atoms with van der Waals surface area (Å²) in [4.78, 5) is 8.11. The Bertz CT molecular complexity index is 299. The van der Waals surface area contributed by atoms with Crippen LogP contribution in [-0.4, -0.2) is 22.1 Å². The van der Waals surface area contributed by atoms with Gasteiger partial charge in [-0.2, -0.15) is 0 Å². The quantitative estimate of drug-likeness (QED) is 0.830. The molecule has 1 heterocycles. The average molecular weight is 306 g/mol. The van der Waals surface area contributed by atoms with Gasteiger partial charge in [0.05, 0.1) is 3.57 Å². The third-order valence-electron chi connectivity index (χ3n) is 2.32. The SMILES string of the molecule is CCC(C)(CN)Nc1ncncc1I. The van der Waals surface area contributed by atoms with E-state index >= 15 is 0 Å². The van der Waals surface area contributed by atoms with Crippen LogP contribution in [0.5, 0.6) is 0 Å². The molecule has 14 heavy (non-hydrogen) atoms. The van der Waals surface area contributed by atoms with Crippen LogP contribution in [0.1, 0.15) is 20.3 Å². The zero-order valence-electron chi connectivity index (χ0n) is 8.42. The molecule has 4 nitrogen and oxygen atoms in total. The molecular formula is C9H15IN4. The molecule has 78 valence electrons. The van der Waals surface area contributed by atoms with Crippen LogP contribution in [0.25, 0.3) is 0 Å². The lowest BCUT2D eigenvalue weighted by Gasteiger charge is -2.28. The van der Waals surface area contributed by atoms with Crippen molar-refractivity contribution in [2.75, 3.05) is 11.9 Å². The molecule has 1 atom stereocenters. The number of nitrogens with one attached hydrogen (secondary N) is 1. The Balaban J connectivity index is 2.82. The maximum absolute atomic E-state index is 5.71. The lowest BCUT2D eigenvalue weighted by molar-refractivity contribution is 0.504. The van der Waals surface area contributed by atoms with E-state index in [1.165, 1.54) is 6.33 Å². The number of hydrogen-bond donors (Lipinski definition) is 2. The first-order valence-electron chi connectivity index (χ1n) is 4.55. The molecule has 0 spiro atoms. The van der Waals surface area contributed by atoms with Crippen molar-refractivity contribution in [3.05, 3.63) is 16.1 Å². The molecule has 0 amide bonds. The van der Waals surface area contributed by atoms with E-state index in [2.05, 4.69) is 51.7 Å². The summed E-state index contributed by atoms with van der Waals surface area (Å²) in [6.45, 7) is 4.78. The molecule has 0 radical (unpaired) electrons. The molecule has 1 unspecified atom stereocenters. The van der Waals surface area contributed by atoms with Crippen molar-refractivity contribution in [2.45, 2.75) is 25.8 Å². The minimum absolute atomic E-state index is 0.0890. The number of nitrogens with two attached hydrogens (primary N) is 1. The first-order valence-corrected chi connectivity index (χ1v) is 5.63. The summed E-state index contributed by atoms with van der Waals surface area (Å²) >= 11 is 2.20. The van der Waals surface area contributed by atoms with E-state index < -0.39 is 0 Å². The van der Waals surface area contributed by atoms with Gasteiger partial charge in [0, 0.05) is 18.3 Å². The summed E-state index contributed by atoms with van der Waals surface area (Å²) < 4.78 is 1.01. The summed E-state index contributed by atoms with van der Waals surface area (Å²) in [6.07, 6.45) is 4.28. The molecule has 1 aromatic rings.